The highest BCUT2D eigenvalue weighted by Crippen LogP contribution is 2.10. The van der Waals surface area contributed by atoms with Gasteiger partial charge in [-0.25, -0.2) is 0 Å². The number of nitrogens with zero attached hydrogens (tertiary/aromatic N) is 1. The van der Waals surface area contributed by atoms with Crippen LogP contribution in [0.2, 0.25) is 0 Å². The number of nitrogens with two attached hydrogens (primary N) is 1. The topological polar surface area (TPSA) is 67.6 Å². The number of hydrogen-bond acceptors (Lipinski definition) is 4. The molecule has 1 saturated heterocycles. The normalized spacial score (nSPS) is 19.7. The molecule has 0 spiro atoms. The summed E-state index contributed by atoms with van der Waals surface area (Å²) in [6, 6.07) is -0.00597. The Morgan fingerprint density at radius 2 is 2.11 bits per heavy atom. The van der Waals surface area contributed by atoms with E-state index in [1.54, 1.807) is 7.11 Å². The third kappa shape index (κ3) is 5.33. The number of rotatable bonds is 8. The van der Waals surface area contributed by atoms with Crippen molar-refractivity contribution in [2.75, 3.05) is 33.4 Å². The van der Waals surface area contributed by atoms with E-state index < -0.39 is 6.04 Å². The lowest BCUT2D eigenvalue weighted by Gasteiger charge is -2.24. The van der Waals surface area contributed by atoms with E-state index in [0.29, 0.717) is 25.6 Å². The zero-order chi connectivity index (χ0) is 13.4. The highest BCUT2D eigenvalue weighted by atomic mass is 16.5. The van der Waals surface area contributed by atoms with Crippen LogP contribution >= 0.6 is 0 Å². The zero-order valence-corrected chi connectivity index (χ0v) is 11.7. The summed E-state index contributed by atoms with van der Waals surface area (Å²) in [5.41, 5.74) is 5.82. The maximum absolute atomic E-state index is 11.8. The van der Waals surface area contributed by atoms with Crippen molar-refractivity contribution in [3.63, 3.8) is 0 Å². The average Bonchev–Trinajstić information content (AvgIpc) is 2.89. The maximum atomic E-state index is 11.8. The van der Waals surface area contributed by atoms with Crippen LogP contribution in [0.3, 0.4) is 0 Å². The van der Waals surface area contributed by atoms with Crippen LogP contribution in [0.4, 0.5) is 0 Å². The molecule has 1 aliphatic heterocycles. The van der Waals surface area contributed by atoms with Crippen LogP contribution in [-0.4, -0.2) is 56.2 Å². The van der Waals surface area contributed by atoms with Crippen LogP contribution in [-0.2, 0) is 9.53 Å². The summed E-state index contributed by atoms with van der Waals surface area (Å²) in [7, 11) is 1.66. The smallest absolute Gasteiger partial charge is 0.236 e. The predicted octanol–water partition coefficient (Wildman–Crippen LogP) is 0.341. The molecule has 3 N–H and O–H groups in total. The Morgan fingerprint density at radius 3 is 2.72 bits per heavy atom. The first-order valence-electron chi connectivity index (χ1n) is 6.91. The lowest BCUT2D eigenvalue weighted by molar-refractivity contribution is -0.122. The minimum absolute atomic E-state index is 0.0443. The van der Waals surface area contributed by atoms with E-state index >= 15 is 0 Å². The van der Waals surface area contributed by atoms with Gasteiger partial charge in [-0.15, -0.1) is 0 Å². The Kier molecular flexibility index (Phi) is 7.23. The molecule has 0 aromatic rings. The number of methoxy groups -OCH3 is 1. The van der Waals surface area contributed by atoms with Crippen molar-refractivity contribution in [2.45, 2.75) is 44.7 Å². The third-order valence-corrected chi connectivity index (χ3v) is 3.54. The van der Waals surface area contributed by atoms with E-state index in [9.17, 15) is 4.79 Å². The molecule has 2 atom stereocenters. The number of nitrogens with one attached hydrogen (secondary N) is 1. The minimum atomic E-state index is -0.411. The van der Waals surface area contributed by atoms with Gasteiger partial charge >= 0.3 is 0 Å². The van der Waals surface area contributed by atoms with Crippen molar-refractivity contribution < 1.29 is 9.53 Å². The molecule has 0 saturated carbocycles. The molecule has 1 amide bonds. The first kappa shape index (κ1) is 15.4. The van der Waals surface area contributed by atoms with Crippen LogP contribution in [0, 0.1) is 0 Å². The van der Waals surface area contributed by atoms with Crippen molar-refractivity contribution in [1.29, 1.82) is 0 Å². The van der Waals surface area contributed by atoms with E-state index in [1.807, 2.05) is 0 Å². The summed E-state index contributed by atoms with van der Waals surface area (Å²) in [5, 5.41) is 2.94. The van der Waals surface area contributed by atoms with E-state index in [4.69, 9.17) is 10.5 Å². The second-order valence-electron chi connectivity index (χ2n) is 5.08. The second kappa shape index (κ2) is 8.45. The lowest BCUT2D eigenvalue weighted by atomic mass is 10.1. The molecule has 5 heteroatoms. The molecule has 1 heterocycles. The number of hydrogen-bond donors (Lipinski definition) is 2. The van der Waals surface area contributed by atoms with Crippen molar-refractivity contribution in [3.05, 3.63) is 0 Å². The molecule has 0 aliphatic carbocycles. The summed E-state index contributed by atoms with van der Waals surface area (Å²) in [4.78, 5) is 14.2. The summed E-state index contributed by atoms with van der Waals surface area (Å²) in [6.07, 6.45) is 4.05. The van der Waals surface area contributed by atoms with Crippen LogP contribution < -0.4 is 11.1 Å². The number of carbonyl (C=O) groups excluding carboxylic acids is 1. The molecule has 18 heavy (non-hydrogen) atoms. The Balaban J connectivity index is 2.14. The van der Waals surface area contributed by atoms with E-state index in [0.717, 1.165) is 19.5 Å². The van der Waals surface area contributed by atoms with Gasteiger partial charge in [-0.1, -0.05) is 0 Å². The fourth-order valence-corrected chi connectivity index (χ4v) is 2.27. The molecule has 0 aromatic carbocycles. The van der Waals surface area contributed by atoms with E-state index in [2.05, 4.69) is 17.1 Å². The fourth-order valence-electron chi connectivity index (χ4n) is 2.27. The van der Waals surface area contributed by atoms with Crippen molar-refractivity contribution in [1.82, 2.24) is 10.2 Å². The van der Waals surface area contributed by atoms with Crippen LogP contribution in [0.5, 0.6) is 0 Å². The van der Waals surface area contributed by atoms with Gasteiger partial charge in [0.05, 0.1) is 6.04 Å². The zero-order valence-electron chi connectivity index (χ0n) is 11.7. The van der Waals surface area contributed by atoms with Crippen molar-refractivity contribution in [2.24, 2.45) is 5.73 Å². The van der Waals surface area contributed by atoms with Gasteiger partial charge in [-0.05, 0) is 45.7 Å². The van der Waals surface area contributed by atoms with Crippen LogP contribution in [0.25, 0.3) is 0 Å². The third-order valence-electron chi connectivity index (χ3n) is 3.54. The average molecular weight is 257 g/mol. The van der Waals surface area contributed by atoms with E-state index in [1.165, 1.54) is 12.8 Å². The molecule has 1 rings (SSSR count). The molecule has 1 fully saturated rings. The maximum Gasteiger partial charge on any atom is 0.236 e. The van der Waals surface area contributed by atoms with Gasteiger partial charge in [0.2, 0.25) is 5.91 Å². The summed E-state index contributed by atoms with van der Waals surface area (Å²) in [5.74, 6) is -0.0443. The highest BCUT2D eigenvalue weighted by molar-refractivity contribution is 5.81. The molecule has 1 aliphatic rings. The Hall–Kier alpha value is -0.650. The molecular weight excluding hydrogens is 230 g/mol. The van der Waals surface area contributed by atoms with Crippen LogP contribution in [0.1, 0.15) is 32.6 Å². The number of ether oxygens (including phenoxy) is 1. The summed E-state index contributed by atoms with van der Waals surface area (Å²) < 4.78 is 4.94. The van der Waals surface area contributed by atoms with Crippen molar-refractivity contribution >= 4 is 5.91 Å². The van der Waals surface area contributed by atoms with Gasteiger partial charge < -0.3 is 15.8 Å². The molecular formula is C13H27N3O2. The number of amides is 1. The molecule has 0 aromatic heterocycles. The van der Waals surface area contributed by atoms with Crippen molar-refractivity contribution in [3.8, 4) is 0 Å². The molecule has 0 radical (unpaired) electrons. The first-order valence-corrected chi connectivity index (χ1v) is 6.91. The summed E-state index contributed by atoms with van der Waals surface area (Å²) >= 11 is 0. The number of likely N-dealkylation sites (tertiary alicyclic amines) is 1. The van der Waals surface area contributed by atoms with Gasteiger partial charge in [-0.2, -0.15) is 0 Å². The monoisotopic (exact) mass is 257 g/mol. The SMILES string of the molecule is COCCCC(N)C(=O)NCC(C)N1CCCC1. The second-order valence-corrected chi connectivity index (χ2v) is 5.08. The molecule has 2 unspecified atom stereocenters. The van der Waals surface area contributed by atoms with Gasteiger partial charge in [-0.3, -0.25) is 9.69 Å². The van der Waals surface area contributed by atoms with Gasteiger partial charge in [0.15, 0.2) is 0 Å². The quantitative estimate of drug-likeness (QED) is 0.615. The highest BCUT2D eigenvalue weighted by Gasteiger charge is 2.19. The molecule has 0 bridgehead atoms. The van der Waals surface area contributed by atoms with Gasteiger partial charge in [0.1, 0.15) is 0 Å². The fraction of sp³-hybridized carbons (Fsp3) is 0.923. The molecule has 5 nitrogen and oxygen atoms in total. The lowest BCUT2D eigenvalue weighted by Crippen LogP contribution is -2.46. The minimum Gasteiger partial charge on any atom is -0.385 e. The Morgan fingerprint density at radius 1 is 1.44 bits per heavy atom. The summed E-state index contributed by atoms with van der Waals surface area (Å²) in [6.45, 7) is 5.80. The van der Waals surface area contributed by atoms with E-state index in [-0.39, 0.29) is 5.91 Å². The predicted molar refractivity (Wildman–Crippen MR) is 72.4 cm³/mol. The van der Waals surface area contributed by atoms with Crippen LogP contribution in [0.15, 0.2) is 0 Å². The Labute approximate surface area is 110 Å². The Bertz CT molecular complexity index is 242. The number of carbonyl (C=O) groups is 1. The van der Waals surface area contributed by atoms with Gasteiger partial charge in [0.25, 0.3) is 0 Å². The molecule has 106 valence electrons. The largest absolute Gasteiger partial charge is 0.385 e. The van der Waals surface area contributed by atoms with Gasteiger partial charge in [0, 0.05) is 26.3 Å². The first-order chi connectivity index (χ1) is 8.65. The standard InChI is InChI=1S/C13H27N3O2/c1-11(16-7-3-4-8-16)10-15-13(17)12(14)6-5-9-18-2/h11-12H,3-10,14H2,1-2H3,(H,15,17).